The number of benzene rings is 3. The predicted octanol–water partition coefficient (Wildman–Crippen LogP) is 2.65. The number of hydrogen-bond acceptors (Lipinski definition) is 5. The molecule has 0 amide bonds. The van der Waals surface area contributed by atoms with Crippen molar-refractivity contribution in [1.82, 2.24) is 0 Å². The molecular formula is C18H17O5P2+. The molecule has 7 heteroatoms. The van der Waals surface area contributed by atoms with E-state index < -0.39 is 7.14 Å². The Bertz CT molecular complexity index is 757. The van der Waals surface area contributed by atoms with E-state index in [-0.39, 0.29) is 17.2 Å². The first-order valence-corrected chi connectivity index (χ1v) is 9.40. The molecule has 0 aromatic heterocycles. The first-order valence-electron chi connectivity index (χ1n) is 7.22. The minimum atomic E-state index is -3.17. The van der Waals surface area contributed by atoms with Gasteiger partial charge in [-0.05, 0) is 72.8 Å². The molecule has 0 radical (unpaired) electrons. The molecule has 3 rings (SSSR count). The van der Waals surface area contributed by atoms with Gasteiger partial charge in [0.2, 0.25) is 0 Å². The van der Waals surface area contributed by atoms with Crippen LogP contribution in [0.5, 0.6) is 17.2 Å². The van der Waals surface area contributed by atoms with E-state index in [4.69, 9.17) is 4.57 Å². The van der Waals surface area contributed by atoms with Gasteiger partial charge in [-0.2, -0.15) is 0 Å². The Kier molecular flexibility index (Phi) is 5.97. The summed E-state index contributed by atoms with van der Waals surface area (Å²) in [4.78, 5) is 0. The largest absolute Gasteiger partial charge is 0.508 e. The molecule has 1 unspecified atom stereocenters. The Morgan fingerprint density at radius 2 is 0.720 bits per heavy atom. The summed E-state index contributed by atoms with van der Waals surface area (Å²) in [6.45, 7) is 0. The first kappa shape index (κ1) is 18.7. The maximum Gasteiger partial charge on any atom is 0.310 e. The van der Waals surface area contributed by atoms with E-state index in [1.165, 1.54) is 45.5 Å². The third-order valence-corrected chi connectivity index (χ3v) is 6.72. The molecule has 3 N–H and O–H groups in total. The molecule has 0 saturated heterocycles. The normalized spacial score (nSPS) is 10.6. The lowest BCUT2D eigenvalue weighted by atomic mass is 10.3. The quantitative estimate of drug-likeness (QED) is 0.612. The highest BCUT2D eigenvalue weighted by molar-refractivity contribution is 7.85. The lowest BCUT2D eigenvalue weighted by molar-refractivity contribution is 0.475. The molecule has 1 atom stereocenters. The van der Waals surface area contributed by atoms with Crippen LogP contribution in [0.15, 0.2) is 72.8 Å². The van der Waals surface area contributed by atoms with Gasteiger partial charge in [0.25, 0.3) is 0 Å². The summed E-state index contributed by atoms with van der Waals surface area (Å²) in [5.41, 5.74) is 0. The Morgan fingerprint density at radius 1 is 0.520 bits per heavy atom. The summed E-state index contributed by atoms with van der Waals surface area (Å²) in [7, 11) is -2.00. The van der Waals surface area contributed by atoms with Crippen molar-refractivity contribution in [3.63, 3.8) is 0 Å². The molecule has 5 nitrogen and oxygen atoms in total. The monoisotopic (exact) mass is 375 g/mol. The SMILES string of the molecule is O=P(c1ccc(O)cc1)(c1ccc(O)cc1)c1ccc(O)cc1.O=[PH2+]. The molecule has 25 heavy (non-hydrogen) atoms. The van der Waals surface area contributed by atoms with Gasteiger partial charge in [0.1, 0.15) is 17.2 Å². The molecule has 0 saturated carbocycles. The molecule has 0 bridgehead atoms. The molecule has 3 aromatic carbocycles. The van der Waals surface area contributed by atoms with Crippen LogP contribution in [0.1, 0.15) is 0 Å². The van der Waals surface area contributed by atoms with Crippen LogP contribution in [0.2, 0.25) is 0 Å². The molecule has 0 fully saturated rings. The zero-order valence-corrected chi connectivity index (χ0v) is 15.2. The molecule has 128 valence electrons. The van der Waals surface area contributed by atoms with Crippen molar-refractivity contribution in [2.24, 2.45) is 0 Å². The van der Waals surface area contributed by atoms with Gasteiger partial charge in [-0.25, -0.2) is 0 Å². The van der Waals surface area contributed by atoms with E-state index in [0.717, 1.165) is 0 Å². The maximum absolute atomic E-state index is 13.9. The van der Waals surface area contributed by atoms with Gasteiger partial charge in [0.05, 0.1) is 0 Å². The van der Waals surface area contributed by atoms with E-state index in [0.29, 0.717) is 15.9 Å². The maximum atomic E-state index is 13.9. The van der Waals surface area contributed by atoms with E-state index in [2.05, 4.69) is 0 Å². The summed E-state index contributed by atoms with van der Waals surface area (Å²) < 4.78 is 22.1. The van der Waals surface area contributed by atoms with Crippen LogP contribution < -0.4 is 15.9 Å². The Labute approximate surface area is 147 Å². The third-order valence-electron chi connectivity index (χ3n) is 3.64. The van der Waals surface area contributed by atoms with Gasteiger partial charge >= 0.3 is 9.12 Å². The second-order valence-electron chi connectivity index (χ2n) is 5.16. The van der Waals surface area contributed by atoms with Gasteiger partial charge in [0.15, 0.2) is 7.14 Å². The summed E-state index contributed by atoms with van der Waals surface area (Å²) in [6, 6.07) is 18.7. The Balaban J connectivity index is 0.00000109. The number of phenolic OH excluding ortho intramolecular Hbond substituents is 3. The Morgan fingerprint density at radius 3 is 0.920 bits per heavy atom. The minimum Gasteiger partial charge on any atom is -0.508 e. The van der Waals surface area contributed by atoms with Crippen LogP contribution in [-0.2, 0) is 9.13 Å². The van der Waals surface area contributed by atoms with Crippen LogP contribution in [0, 0.1) is 0 Å². The predicted molar refractivity (Wildman–Crippen MR) is 101 cm³/mol. The van der Waals surface area contributed by atoms with Crippen molar-refractivity contribution < 1.29 is 24.4 Å². The highest BCUT2D eigenvalue weighted by Crippen LogP contribution is 2.43. The first-order chi connectivity index (χ1) is 12.0. The summed E-state index contributed by atoms with van der Waals surface area (Å²) in [5.74, 6) is 0.283. The van der Waals surface area contributed by atoms with Crippen LogP contribution in [0.4, 0.5) is 0 Å². The van der Waals surface area contributed by atoms with Gasteiger partial charge < -0.3 is 19.9 Å². The third kappa shape index (κ3) is 3.90. The summed E-state index contributed by atoms with van der Waals surface area (Å²) in [6.07, 6.45) is 0. The van der Waals surface area contributed by atoms with Crippen molar-refractivity contribution in [3.8, 4) is 17.2 Å². The van der Waals surface area contributed by atoms with Gasteiger partial charge in [-0.1, -0.05) is 4.57 Å². The average Bonchev–Trinajstić information content (AvgIpc) is 2.64. The fraction of sp³-hybridized carbons (Fsp3) is 0. The van der Waals surface area contributed by atoms with Crippen LogP contribution in [-0.4, -0.2) is 15.3 Å². The number of hydrogen-bond donors (Lipinski definition) is 3. The summed E-state index contributed by atoms with van der Waals surface area (Å²) >= 11 is 0. The average molecular weight is 375 g/mol. The van der Waals surface area contributed by atoms with Crippen molar-refractivity contribution in [3.05, 3.63) is 72.8 Å². The fourth-order valence-corrected chi connectivity index (χ4v) is 5.04. The van der Waals surface area contributed by atoms with Crippen molar-refractivity contribution in [2.45, 2.75) is 0 Å². The lowest BCUT2D eigenvalue weighted by Gasteiger charge is -2.20. The van der Waals surface area contributed by atoms with E-state index in [1.807, 2.05) is 0 Å². The van der Waals surface area contributed by atoms with E-state index in [1.54, 1.807) is 36.4 Å². The lowest BCUT2D eigenvalue weighted by Crippen LogP contribution is -2.24. The number of rotatable bonds is 3. The topological polar surface area (TPSA) is 94.8 Å². The van der Waals surface area contributed by atoms with Crippen molar-refractivity contribution >= 4 is 32.2 Å². The molecule has 0 aliphatic heterocycles. The van der Waals surface area contributed by atoms with Gasteiger partial charge in [-0.15, -0.1) is 0 Å². The molecule has 0 spiro atoms. The smallest absolute Gasteiger partial charge is 0.310 e. The number of aromatic hydroxyl groups is 3. The van der Waals surface area contributed by atoms with Crippen molar-refractivity contribution in [1.29, 1.82) is 0 Å². The van der Waals surface area contributed by atoms with E-state index >= 15 is 0 Å². The van der Waals surface area contributed by atoms with Crippen LogP contribution in [0.25, 0.3) is 0 Å². The molecule has 3 aromatic rings. The zero-order chi connectivity index (χ0) is 18.4. The Hall–Kier alpha value is -2.61. The highest BCUT2D eigenvalue weighted by atomic mass is 31.2. The highest BCUT2D eigenvalue weighted by Gasteiger charge is 2.29. The van der Waals surface area contributed by atoms with Crippen molar-refractivity contribution in [2.75, 3.05) is 0 Å². The van der Waals surface area contributed by atoms with Crippen LogP contribution in [0.3, 0.4) is 0 Å². The standard InChI is InChI=1S/C18H15O4P.H2OP/c19-13-1-7-16(8-2-13)23(22,17-9-3-14(20)4-10-17)18-11-5-15(21)6-12-18;1-2/h1-12,19-21H;2H2/q;+1. The molecular weight excluding hydrogens is 358 g/mol. The van der Waals surface area contributed by atoms with Gasteiger partial charge in [0, 0.05) is 15.9 Å². The van der Waals surface area contributed by atoms with Gasteiger partial charge in [-0.3, -0.25) is 0 Å². The fourth-order valence-electron chi connectivity index (χ4n) is 2.43. The number of phenols is 3. The molecule has 0 aliphatic carbocycles. The van der Waals surface area contributed by atoms with E-state index in [9.17, 15) is 19.9 Å². The minimum absolute atomic E-state index is 0.0942. The molecule has 0 aliphatic rings. The zero-order valence-electron chi connectivity index (χ0n) is 13.1. The molecule has 0 heterocycles. The second kappa shape index (κ2) is 7.98. The second-order valence-corrected chi connectivity index (χ2v) is 7.93. The van der Waals surface area contributed by atoms with Crippen LogP contribution >= 0.6 is 16.3 Å². The summed E-state index contributed by atoms with van der Waals surface area (Å²) in [5, 5.41) is 30.1.